The molecule has 104 valence electrons. The third-order valence-corrected chi connectivity index (χ3v) is 3.37. The summed E-state index contributed by atoms with van der Waals surface area (Å²) in [7, 11) is 1.41. The van der Waals surface area contributed by atoms with E-state index in [1.54, 1.807) is 5.51 Å². The van der Waals surface area contributed by atoms with Crippen LogP contribution in [0.3, 0.4) is 0 Å². The van der Waals surface area contributed by atoms with Gasteiger partial charge in [-0.15, -0.1) is 11.3 Å². The molecule has 1 aromatic carbocycles. The second-order valence-electron chi connectivity index (χ2n) is 3.80. The first-order valence-corrected chi connectivity index (χ1v) is 6.67. The molecule has 1 heterocycles. The minimum Gasteiger partial charge on any atom is -0.503 e. The van der Waals surface area contributed by atoms with E-state index in [1.807, 2.05) is 30.3 Å². The van der Waals surface area contributed by atoms with Crippen LogP contribution in [0, 0.1) is 0 Å². The first kappa shape index (κ1) is 14.1. The van der Waals surface area contributed by atoms with Gasteiger partial charge >= 0.3 is 5.97 Å². The van der Waals surface area contributed by atoms with Crippen molar-refractivity contribution in [2.75, 3.05) is 7.11 Å². The van der Waals surface area contributed by atoms with E-state index in [-0.39, 0.29) is 12.2 Å². The fraction of sp³-hybridized carbons (Fsp3) is 0.143. The highest BCUT2D eigenvalue weighted by molar-refractivity contribution is 7.11. The van der Waals surface area contributed by atoms with E-state index in [4.69, 9.17) is 9.47 Å². The molecule has 0 atom stereocenters. The summed E-state index contributed by atoms with van der Waals surface area (Å²) in [4.78, 5) is 15.9. The molecule has 6 heteroatoms. The molecular weight excluding hydrogens is 278 g/mol. The van der Waals surface area contributed by atoms with E-state index in [0.29, 0.717) is 16.3 Å². The van der Waals surface area contributed by atoms with Crippen molar-refractivity contribution in [3.8, 4) is 5.75 Å². The summed E-state index contributed by atoms with van der Waals surface area (Å²) in [5.74, 6) is -0.351. The van der Waals surface area contributed by atoms with Crippen LogP contribution in [-0.2, 0) is 16.1 Å². The van der Waals surface area contributed by atoms with Gasteiger partial charge in [-0.2, -0.15) is 0 Å². The summed E-state index contributed by atoms with van der Waals surface area (Å²) in [6.45, 7) is 0.206. The number of carboxylic acid groups (broad SMARTS) is 1. The molecule has 0 aliphatic rings. The Balaban J connectivity index is 2.16. The van der Waals surface area contributed by atoms with E-state index in [0.717, 1.165) is 0 Å². The average Bonchev–Trinajstić information content (AvgIpc) is 2.91. The smallest absolute Gasteiger partial charge is 0.340 e. The van der Waals surface area contributed by atoms with Crippen LogP contribution in [0.2, 0.25) is 0 Å². The van der Waals surface area contributed by atoms with Crippen molar-refractivity contribution in [2.24, 2.45) is 0 Å². The number of hydrogen-bond acceptors (Lipinski definition) is 5. The summed E-state index contributed by atoms with van der Waals surface area (Å²) >= 11 is 1.24. The van der Waals surface area contributed by atoms with Crippen LogP contribution in [0.1, 0.15) is 10.6 Å². The van der Waals surface area contributed by atoms with E-state index in [9.17, 15) is 9.90 Å². The van der Waals surface area contributed by atoms with Crippen LogP contribution < -0.4 is 4.74 Å². The largest absolute Gasteiger partial charge is 0.503 e. The number of aromatic nitrogens is 1. The van der Waals surface area contributed by atoms with E-state index < -0.39 is 5.97 Å². The number of para-hydroxylation sites is 1. The number of aliphatic carboxylic acids is 1. The lowest BCUT2D eigenvalue weighted by Gasteiger charge is -2.06. The molecule has 0 bridgehead atoms. The number of rotatable bonds is 6. The maximum Gasteiger partial charge on any atom is 0.340 e. The Morgan fingerprint density at radius 2 is 2.15 bits per heavy atom. The molecule has 2 rings (SSSR count). The number of benzene rings is 1. The molecule has 0 saturated heterocycles. The average molecular weight is 291 g/mol. The van der Waals surface area contributed by atoms with Crippen molar-refractivity contribution in [3.63, 3.8) is 0 Å². The lowest BCUT2D eigenvalue weighted by molar-refractivity contribution is -0.130. The molecule has 5 nitrogen and oxygen atoms in total. The Labute approximate surface area is 120 Å². The number of thiazole rings is 1. The standard InChI is InChI=1S/C14H13NO4S/c1-18-7-11(14(16)17)13-12(15-9-20-13)8-19-10-5-3-2-4-6-10/h2-7,9H,8H2,1H3,(H,16,17)/b11-7+. The first-order valence-electron chi connectivity index (χ1n) is 5.79. The van der Waals surface area contributed by atoms with Crippen molar-refractivity contribution in [3.05, 3.63) is 52.7 Å². The highest BCUT2D eigenvalue weighted by atomic mass is 32.1. The molecule has 0 aliphatic heterocycles. The van der Waals surface area contributed by atoms with Gasteiger partial charge in [-0.1, -0.05) is 18.2 Å². The van der Waals surface area contributed by atoms with Crippen LogP contribution in [0.25, 0.3) is 5.57 Å². The fourth-order valence-corrected chi connectivity index (χ4v) is 2.37. The topological polar surface area (TPSA) is 68.7 Å². The maximum atomic E-state index is 11.2. The molecule has 2 aromatic rings. The summed E-state index contributed by atoms with van der Waals surface area (Å²) in [5.41, 5.74) is 2.23. The maximum absolute atomic E-state index is 11.2. The molecule has 0 fully saturated rings. The Morgan fingerprint density at radius 3 is 2.80 bits per heavy atom. The molecule has 0 spiro atoms. The molecular formula is C14H13NO4S. The van der Waals surface area contributed by atoms with Crippen LogP contribution in [0.15, 0.2) is 42.1 Å². The Kier molecular flexibility index (Phi) is 4.73. The van der Waals surface area contributed by atoms with Crippen LogP contribution in [0.4, 0.5) is 0 Å². The van der Waals surface area contributed by atoms with Crippen molar-refractivity contribution >= 4 is 22.9 Å². The summed E-state index contributed by atoms with van der Waals surface area (Å²) in [6.07, 6.45) is 1.20. The molecule has 0 unspecified atom stereocenters. The summed E-state index contributed by atoms with van der Waals surface area (Å²) < 4.78 is 10.4. The second kappa shape index (κ2) is 6.72. The molecule has 0 aliphatic carbocycles. The third kappa shape index (κ3) is 3.36. The van der Waals surface area contributed by atoms with Crippen LogP contribution in [0.5, 0.6) is 5.75 Å². The number of hydrogen-bond donors (Lipinski definition) is 1. The quantitative estimate of drug-likeness (QED) is 0.654. The fourth-order valence-electron chi connectivity index (χ4n) is 1.58. The Hall–Kier alpha value is -2.34. The first-order chi connectivity index (χ1) is 9.72. The predicted octanol–water partition coefficient (Wildman–Crippen LogP) is 2.79. The van der Waals surface area contributed by atoms with Crippen LogP contribution >= 0.6 is 11.3 Å². The molecule has 1 aromatic heterocycles. The van der Waals surface area contributed by atoms with Crippen molar-refractivity contribution in [1.29, 1.82) is 0 Å². The molecule has 0 saturated carbocycles. The minimum atomic E-state index is -1.06. The number of carboxylic acids is 1. The highest BCUT2D eigenvalue weighted by Gasteiger charge is 2.18. The van der Waals surface area contributed by atoms with Gasteiger partial charge in [0.1, 0.15) is 17.9 Å². The lowest BCUT2D eigenvalue weighted by atomic mass is 10.2. The number of nitrogens with zero attached hydrogens (tertiary/aromatic N) is 1. The monoisotopic (exact) mass is 291 g/mol. The van der Waals surface area contributed by atoms with E-state index >= 15 is 0 Å². The third-order valence-electron chi connectivity index (χ3n) is 2.47. The van der Waals surface area contributed by atoms with Crippen molar-refractivity contribution in [2.45, 2.75) is 6.61 Å². The van der Waals surface area contributed by atoms with E-state index in [1.165, 1.54) is 24.7 Å². The van der Waals surface area contributed by atoms with Crippen LogP contribution in [-0.4, -0.2) is 23.2 Å². The number of ether oxygens (including phenoxy) is 2. The molecule has 20 heavy (non-hydrogen) atoms. The van der Waals surface area contributed by atoms with Crippen molar-refractivity contribution < 1.29 is 19.4 Å². The lowest BCUT2D eigenvalue weighted by Crippen LogP contribution is -2.04. The zero-order valence-electron chi connectivity index (χ0n) is 10.8. The van der Waals surface area contributed by atoms with Gasteiger partial charge in [0.15, 0.2) is 0 Å². The molecule has 0 radical (unpaired) electrons. The minimum absolute atomic E-state index is 0.0710. The Morgan fingerprint density at radius 1 is 1.40 bits per heavy atom. The predicted molar refractivity (Wildman–Crippen MR) is 75.5 cm³/mol. The zero-order valence-corrected chi connectivity index (χ0v) is 11.6. The normalized spacial score (nSPS) is 11.2. The van der Waals surface area contributed by atoms with Gasteiger partial charge in [-0.3, -0.25) is 0 Å². The van der Waals surface area contributed by atoms with Gasteiger partial charge in [0.05, 0.1) is 29.5 Å². The second-order valence-corrected chi connectivity index (χ2v) is 4.66. The number of methoxy groups -OCH3 is 1. The zero-order chi connectivity index (χ0) is 14.4. The van der Waals surface area contributed by atoms with Gasteiger partial charge in [-0.05, 0) is 12.1 Å². The van der Waals surface area contributed by atoms with Gasteiger partial charge in [-0.25, -0.2) is 9.78 Å². The summed E-state index contributed by atoms with van der Waals surface area (Å²) in [6, 6.07) is 9.28. The van der Waals surface area contributed by atoms with Gasteiger partial charge in [0, 0.05) is 0 Å². The molecule has 1 N–H and O–H groups in total. The van der Waals surface area contributed by atoms with Crippen molar-refractivity contribution in [1.82, 2.24) is 4.98 Å². The van der Waals surface area contributed by atoms with E-state index in [2.05, 4.69) is 4.98 Å². The molecule has 0 amide bonds. The number of carbonyl (C=O) groups is 1. The Bertz CT molecular complexity index is 607. The SMILES string of the molecule is CO/C=C(/C(=O)O)c1scnc1COc1ccccc1. The highest BCUT2D eigenvalue weighted by Crippen LogP contribution is 2.25. The summed E-state index contributed by atoms with van der Waals surface area (Å²) in [5, 5.41) is 9.18. The van der Waals surface area contributed by atoms with Gasteiger partial charge in [0.2, 0.25) is 0 Å². The van der Waals surface area contributed by atoms with Gasteiger partial charge < -0.3 is 14.6 Å². The van der Waals surface area contributed by atoms with Gasteiger partial charge in [0.25, 0.3) is 0 Å².